The molecule has 0 unspecified atom stereocenters. The average Bonchev–Trinajstić information content (AvgIpc) is 3.45. The predicted molar refractivity (Wildman–Crippen MR) is 122 cm³/mol. The maximum Gasteiger partial charge on any atom is 0.263 e. The first-order valence-corrected chi connectivity index (χ1v) is 11.0. The Morgan fingerprint density at radius 1 is 0.970 bits per heavy atom. The third kappa shape index (κ3) is 3.61. The lowest BCUT2D eigenvalue weighted by atomic mass is 10.0. The van der Waals surface area contributed by atoms with Gasteiger partial charge in [0.15, 0.2) is 12.1 Å². The number of oxazole rings is 1. The highest BCUT2D eigenvalue weighted by Gasteiger charge is 2.54. The minimum Gasteiger partial charge on any atom is -0.441 e. The van der Waals surface area contributed by atoms with Crippen molar-refractivity contribution in [2.24, 2.45) is 10.3 Å². The number of benzene rings is 2. The Bertz CT molecular complexity index is 1240. The van der Waals surface area contributed by atoms with E-state index in [9.17, 15) is 9.59 Å². The Hall–Kier alpha value is -3.81. The van der Waals surface area contributed by atoms with Crippen LogP contribution >= 0.6 is 0 Å². The van der Waals surface area contributed by atoms with Crippen LogP contribution in [-0.2, 0) is 16.1 Å². The standard InChI is InChI=1S/C25H25N5O3/c1-14(2)17-9-11-19(12-10-17)30-24(31)21-22(25(30)32)29(28-27-21)13-20-16(4)33-23(26-20)18-7-5-15(3)6-8-18/h5-12,14,21-22H,13H2,1-4H3/t21-,22+/m1/s1. The number of aromatic nitrogens is 1. The van der Waals surface area contributed by atoms with Gasteiger partial charge in [-0.1, -0.05) is 48.9 Å². The molecule has 3 heterocycles. The molecule has 3 aromatic rings. The van der Waals surface area contributed by atoms with Crippen molar-refractivity contribution in [1.29, 1.82) is 0 Å². The predicted octanol–water partition coefficient (Wildman–Crippen LogP) is 4.58. The minimum absolute atomic E-state index is 0.227. The number of hydrogen-bond donors (Lipinski definition) is 0. The second kappa shape index (κ2) is 7.95. The fourth-order valence-corrected chi connectivity index (χ4v) is 4.16. The maximum absolute atomic E-state index is 13.3. The fourth-order valence-electron chi connectivity index (χ4n) is 4.16. The van der Waals surface area contributed by atoms with Gasteiger partial charge < -0.3 is 4.42 Å². The van der Waals surface area contributed by atoms with Gasteiger partial charge in [0, 0.05) is 5.56 Å². The van der Waals surface area contributed by atoms with Crippen molar-refractivity contribution >= 4 is 17.5 Å². The molecule has 1 aromatic heterocycles. The largest absolute Gasteiger partial charge is 0.441 e. The van der Waals surface area contributed by atoms with E-state index < -0.39 is 12.1 Å². The number of imide groups is 1. The van der Waals surface area contributed by atoms with E-state index in [-0.39, 0.29) is 18.4 Å². The van der Waals surface area contributed by atoms with Gasteiger partial charge in [0.2, 0.25) is 5.89 Å². The number of carbonyl (C=O) groups excluding carboxylic acids is 2. The van der Waals surface area contributed by atoms with Gasteiger partial charge in [-0.2, -0.15) is 5.11 Å². The summed E-state index contributed by atoms with van der Waals surface area (Å²) in [5, 5.41) is 9.78. The molecule has 2 aromatic carbocycles. The topological polar surface area (TPSA) is 91.4 Å². The highest BCUT2D eigenvalue weighted by atomic mass is 16.4. The first kappa shape index (κ1) is 21.1. The van der Waals surface area contributed by atoms with Crippen LogP contribution in [0.5, 0.6) is 0 Å². The molecule has 2 aliphatic heterocycles. The Morgan fingerprint density at radius 3 is 2.33 bits per heavy atom. The second-order valence-corrected chi connectivity index (χ2v) is 8.84. The van der Waals surface area contributed by atoms with E-state index in [4.69, 9.17) is 4.42 Å². The van der Waals surface area contributed by atoms with Crippen molar-refractivity contribution in [2.75, 3.05) is 4.90 Å². The zero-order valence-electron chi connectivity index (χ0n) is 19.0. The third-order valence-corrected chi connectivity index (χ3v) is 6.18. The van der Waals surface area contributed by atoms with E-state index in [1.54, 1.807) is 0 Å². The van der Waals surface area contributed by atoms with E-state index in [0.29, 0.717) is 29.0 Å². The molecule has 33 heavy (non-hydrogen) atoms. The SMILES string of the molecule is Cc1ccc(-c2nc(CN3N=N[C@H]4C(=O)N(c5ccc(C(C)C)cc5)C(=O)[C@H]43)c(C)o2)cc1. The molecule has 2 amide bonds. The van der Waals surface area contributed by atoms with Crippen LogP contribution in [0.4, 0.5) is 5.69 Å². The Morgan fingerprint density at radius 2 is 1.67 bits per heavy atom. The molecule has 0 spiro atoms. The second-order valence-electron chi connectivity index (χ2n) is 8.84. The summed E-state index contributed by atoms with van der Waals surface area (Å²) >= 11 is 0. The number of hydrogen-bond acceptors (Lipinski definition) is 7. The quantitative estimate of drug-likeness (QED) is 0.539. The number of anilines is 1. The van der Waals surface area contributed by atoms with Crippen LogP contribution in [-0.4, -0.2) is 33.9 Å². The lowest BCUT2D eigenvalue weighted by Gasteiger charge is -2.20. The molecular weight excluding hydrogens is 418 g/mol. The molecule has 5 rings (SSSR count). The molecule has 2 aliphatic rings. The molecule has 0 bridgehead atoms. The summed E-state index contributed by atoms with van der Waals surface area (Å²) in [5.74, 6) is 0.833. The lowest BCUT2D eigenvalue weighted by molar-refractivity contribution is -0.123. The number of fused-ring (bicyclic) bond motifs is 1. The number of amides is 2. The van der Waals surface area contributed by atoms with Crippen molar-refractivity contribution in [3.05, 3.63) is 71.1 Å². The van der Waals surface area contributed by atoms with Crippen LogP contribution in [0.25, 0.3) is 11.5 Å². The van der Waals surface area contributed by atoms with Crippen LogP contribution in [0.2, 0.25) is 0 Å². The summed E-state index contributed by atoms with van der Waals surface area (Å²) in [4.78, 5) is 32.1. The van der Waals surface area contributed by atoms with Gasteiger partial charge in [-0.3, -0.25) is 14.6 Å². The smallest absolute Gasteiger partial charge is 0.263 e. The summed E-state index contributed by atoms with van der Waals surface area (Å²) in [7, 11) is 0. The first-order chi connectivity index (χ1) is 15.8. The van der Waals surface area contributed by atoms with Gasteiger partial charge in [-0.25, -0.2) is 9.88 Å². The molecule has 1 fully saturated rings. The van der Waals surface area contributed by atoms with Crippen LogP contribution in [0.15, 0.2) is 63.3 Å². The molecule has 0 radical (unpaired) electrons. The summed E-state index contributed by atoms with van der Waals surface area (Å²) in [6.45, 7) is 8.27. The minimum atomic E-state index is -0.842. The van der Waals surface area contributed by atoms with Crippen molar-refractivity contribution in [3.8, 4) is 11.5 Å². The monoisotopic (exact) mass is 443 g/mol. The molecular formula is C25H25N5O3. The van der Waals surface area contributed by atoms with Crippen molar-refractivity contribution in [1.82, 2.24) is 9.99 Å². The molecule has 1 saturated heterocycles. The molecule has 2 atom stereocenters. The molecule has 0 N–H and O–H groups in total. The maximum atomic E-state index is 13.3. The van der Waals surface area contributed by atoms with Crippen LogP contribution in [0, 0.1) is 13.8 Å². The van der Waals surface area contributed by atoms with Gasteiger partial charge in [-0.15, -0.1) is 0 Å². The third-order valence-electron chi connectivity index (χ3n) is 6.18. The van der Waals surface area contributed by atoms with Crippen LogP contribution < -0.4 is 4.90 Å². The van der Waals surface area contributed by atoms with E-state index in [2.05, 4.69) is 29.2 Å². The number of carbonyl (C=O) groups is 2. The first-order valence-electron chi connectivity index (χ1n) is 11.0. The number of aryl methyl sites for hydroxylation is 2. The van der Waals surface area contributed by atoms with E-state index in [0.717, 1.165) is 16.7 Å². The van der Waals surface area contributed by atoms with Gasteiger partial charge in [0.1, 0.15) is 11.5 Å². The van der Waals surface area contributed by atoms with Crippen molar-refractivity contribution in [3.63, 3.8) is 0 Å². The lowest BCUT2D eigenvalue weighted by Crippen LogP contribution is -2.39. The zero-order valence-corrected chi connectivity index (χ0v) is 19.0. The van der Waals surface area contributed by atoms with Crippen molar-refractivity contribution in [2.45, 2.75) is 52.2 Å². The average molecular weight is 444 g/mol. The van der Waals surface area contributed by atoms with E-state index in [1.165, 1.54) is 9.91 Å². The van der Waals surface area contributed by atoms with Gasteiger partial charge >= 0.3 is 0 Å². The normalized spacial score (nSPS) is 19.8. The van der Waals surface area contributed by atoms with E-state index in [1.807, 2.05) is 62.4 Å². The highest BCUT2D eigenvalue weighted by Crippen LogP contribution is 2.34. The van der Waals surface area contributed by atoms with E-state index >= 15 is 0 Å². The van der Waals surface area contributed by atoms with Crippen molar-refractivity contribution < 1.29 is 14.0 Å². The molecule has 0 saturated carbocycles. The highest BCUT2D eigenvalue weighted by molar-refractivity contribution is 6.25. The summed E-state index contributed by atoms with van der Waals surface area (Å²) < 4.78 is 5.86. The van der Waals surface area contributed by atoms with Gasteiger partial charge in [0.25, 0.3) is 11.8 Å². The summed E-state index contributed by atoms with van der Waals surface area (Å²) in [6.07, 6.45) is 0. The zero-order chi connectivity index (χ0) is 23.3. The molecule has 168 valence electrons. The van der Waals surface area contributed by atoms with Crippen LogP contribution in [0.1, 0.15) is 42.3 Å². The summed E-state index contributed by atoms with van der Waals surface area (Å²) in [6, 6.07) is 13.8. The Balaban J connectivity index is 1.37. The van der Waals surface area contributed by atoms with Crippen LogP contribution in [0.3, 0.4) is 0 Å². The molecule has 8 heteroatoms. The Kier molecular flexibility index (Phi) is 5.08. The van der Waals surface area contributed by atoms with Gasteiger partial charge in [0.05, 0.1) is 12.2 Å². The fraction of sp³-hybridized carbons (Fsp3) is 0.320. The number of rotatable bonds is 5. The molecule has 8 nitrogen and oxygen atoms in total. The molecule has 0 aliphatic carbocycles. The Labute approximate surface area is 191 Å². The summed E-state index contributed by atoms with van der Waals surface area (Å²) in [5.41, 5.74) is 4.38. The van der Waals surface area contributed by atoms with Gasteiger partial charge in [-0.05, 0) is 49.6 Å². The number of nitrogens with zero attached hydrogens (tertiary/aromatic N) is 5.